The number of hydrogen-bond acceptors (Lipinski definition) is 2. The number of hydrogen-bond donors (Lipinski definition) is 1. The fourth-order valence-corrected chi connectivity index (χ4v) is 2.81. The van der Waals surface area contributed by atoms with Gasteiger partial charge in [0, 0.05) is 12.2 Å². The Morgan fingerprint density at radius 2 is 1.96 bits per heavy atom. The molecule has 0 unspecified atom stereocenters. The van der Waals surface area contributed by atoms with Crippen molar-refractivity contribution in [1.82, 2.24) is 0 Å². The van der Waals surface area contributed by atoms with Crippen LogP contribution in [0.4, 0.5) is 15.8 Å². The molecule has 2 aromatic carbocycles. The number of anilines is 2. The third-order valence-electron chi connectivity index (χ3n) is 3.78. The van der Waals surface area contributed by atoms with Crippen LogP contribution in [0.15, 0.2) is 48.5 Å². The van der Waals surface area contributed by atoms with Crippen LogP contribution in [0, 0.1) is 11.7 Å². The van der Waals surface area contributed by atoms with Gasteiger partial charge in [0.1, 0.15) is 11.7 Å². The average molecular weight is 333 g/mol. The Morgan fingerprint density at radius 3 is 2.65 bits per heavy atom. The second-order valence-electron chi connectivity index (χ2n) is 5.28. The molecule has 6 heteroatoms. The average Bonchev–Trinajstić information content (AvgIpc) is 2.92. The van der Waals surface area contributed by atoms with Gasteiger partial charge in [-0.15, -0.1) is 0 Å². The summed E-state index contributed by atoms with van der Waals surface area (Å²) in [5, 5.41) is 2.70. The third-order valence-corrected chi connectivity index (χ3v) is 4.09. The fraction of sp³-hybridized carbons (Fsp3) is 0.176. The van der Waals surface area contributed by atoms with Gasteiger partial charge >= 0.3 is 0 Å². The van der Waals surface area contributed by atoms with E-state index < -0.39 is 17.6 Å². The van der Waals surface area contributed by atoms with E-state index in [2.05, 4.69) is 5.32 Å². The Labute approximate surface area is 137 Å². The van der Waals surface area contributed by atoms with Crippen LogP contribution < -0.4 is 10.2 Å². The monoisotopic (exact) mass is 332 g/mol. The molecule has 118 valence electrons. The lowest BCUT2D eigenvalue weighted by Gasteiger charge is -2.16. The van der Waals surface area contributed by atoms with Crippen molar-refractivity contribution < 1.29 is 14.0 Å². The maximum Gasteiger partial charge on any atom is 0.239 e. The quantitative estimate of drug-likeness (QED) is 0.875. The Hall–Kier alpha value is -2.40. The van der Waals surface area contributed by atoms with Gasteiger partial charge < -0.3 is 10.2 Å². The minimum atomic E-state index is -0.767. The van der Waals surface area contributed by atoms with Crippen molar-refractivity contribution in [2.75, 3.05) is 16.8 Å². The van der Waals surface area contributed by atoms with E-state index in [1.54, 1.807) is 4.90 Å². The van der Waals surface area contributed by atoms with E-state index in [4.69, 9.17) is 11.6 Å². The topological polar surface area (TPSA) is 49.4 Å². The van der Waals surface area contributed by atoms with E-state index in [0.29, 0.717) is 18.7 Å². The molecule has 1 heterocycles. The van der Waals surface area contributed by atoms with Crippen LogP contribution in [-0.2, 0) is 9.59 Å². The van der Waals surface area contributed by atoms with Crippen LogP contribution in [0.3, 0.4) is 0 Å². The number of carbonyl (C=O) groups excluding carboxylic acids is 2. The first-order valence-corrected chi connectivity index (χ1v) is 7.56. The Balaban J connectivity index is 1.72. The highest BCUT2D eigenvalue weighted by molar-refractivity contribution is 6.33. The first kappa shape index (κ1) is 15.5. The molecule has 1 atom stereocenters. The van der Waals surface area contributed by atoms with Crippen molar-refractivity contribution in [2.45, 2.75) is 6.42 Å². The number of carbonyl (C=O) groups is 2. The lowest BCUT2D eigenvalue weighted by Crippen LogP contribution is -2.33. The van der Waals surface area contributed by atoms with Crippen LogP contribution >= 0.6 is 11.6 Å². The second-order valence-corrected chi connectivity index (χ2v) is 5.69. The van der Waals surface area contributed by atoms with Crippen LogP contribution in [0.5, 0.6) is 0 Å². The predicted molar refractivity (Wildman–Crippen MR) is 86.9 cm³/mol. The molecule has 0 aromatic heterocycles. The Bertz CT molecular complexity index is 752. The van der Waals surface area contributed by atoms with Crippen molar-refractivity contribution in [1.29, 1.82) is 0 Å². The van der Waals surface area contributed by atoms with Gasteiger partial charge in [-0.1, -0.05) is 29.8 Å². The van der Waals surface area contributed by atoms with Gasteiger partial charge in [0.05, 0.1) is 10.7 Å². The van der Waals surface area contributed by atoms with Crippen LogP contribution in [0.25, 0.3) is 0 Å². The van der Waals surface area contributed by atoms with E-state index in [9.17, 15) is 14.0 Å². The minimum absolute atomic E-state index is 0.101. The molecular weight excluding hydrogens is 319 g/mol. The molecule has 1 saturated heterocycles. The lowest BCUT2D eigenvalue weighted by molar-refractivity contribution is -0.129. The lowest BCUT2D eigenvalue weighted by atomic mass is 10.1. The van der Waals surface area contributed by atoms with Gasteiger partial charge in [0.25, 0.3) is 0 Å². The van der Waals surface area contributed by atoms with Crippen molar-refractivity contribution in [3.05, 3.63) is 59.4 Å². The molecule has 3 rings (SSSR count). The number of para-hydroxylation sites is 1. The summed E-state index contributed by atoms with van der Waals surface area (Å²) in [6, 6.07) is 12.9. The normalized spacial score (nSPS) is 17.4. The summed E-state index contributed by atoms with van der Waals surface area (Å²) in [7, 11) is 0. The molecule has 1 fully saturated rings. The highest BCUT2D eigenvalue weighted by Crippen LogP contribution is 2.28. The van der Waals surface area contributed by atoms with E-state index in [0.717, 1.165) is 11.8 Å². The fourth-order valence-electron chi connectivity index (χ4n) is 2.60. The molecule has 0 saturated carbocycles. The zero-order valence-electron chi connectivity index (χ0n) is 12.1. The molecule has 4 nitrogen and oxygen atoms in total. The molecule has 1 aliphatic heterocycles. The van der Waals surface area contributed by atoms with Gasteiger partial charge in [0.2, 0.25) is 11.8 Å². The van der Waals surface area contributed by atoms with E-state index >= 15 is 0 Å². The van der Waals surface area contributed by atoms with Gasteiger partial charge in [-0.05, 0) is 36.8 Å². The zero-order chi connectivity index (χ0) is 16.4. The number of nitrogens with one attached hydrogen (secondary N) is 1. The molecule has 0 spiro atoms. The number of halogens is 2. The van der Waals surface area contributed by atoms with Crippen LogP contribution in [0.2, 0.25) is 5.02 Å². The molecule has 0 aliphatic carbocycles. The van der Waals surface area contributed by atoms with E-state index in [1.807, 2.05) is 30.3 Å². The first-order valence-electron chi connectivity index (χ1n) is 7.18. The minimum Gasteiger partial charge on any atom is -0.324 e. The van der Waals surface area contributed by atoms with Crippen molar-refractivity contribution in [2.24, 2.45) is 5.92 Å². The van der Waals surface area contributed by atoms with Crippen LogP contribution in [0.1, 0.15) is 6.42 Å². The smallest absolute Gasteiger partial charge is 0.239 e. The predicted octanol–water partition coefficient (Wildman–Crippen LogP) is 3.47. The number of nitrogens with zero attached hydrogens (tertiary/aromatic N) is 1. The summed E-state index contributed by atoms with van der Waals surface area (Å²) < 4.78 is 13.0. The molecule has 2 amide bonds. The molecule has 0 bridgehead atoms. The largest absolute Gasteiger partial charge is 0.324 e. The standard InChI is InChI=1S/C17H14ClFN2O2/c18-14-10-11(19)6-7-15(14)20-16(22)13-8-9-21(17(13)23)12-4-2-1-3-5-12/h1-7,10,13H,8-9H2,(H,20,22)/t13-/m1/s1. The van der Waals surface area contributed by atoms with E-state index in [1.165, 1.54) is 12.1 Å². The number of rotatable bonds is 3. The number of benzene rings is 2. The van der Waals surface area contributed by atoms with Gasteiger partial charge in [-0.25, -0.2) is 4.39 Å². The Kier molecular flexibility index (Phi) is 4.30. The molecular formula is C17H14ClFN2O2. The number of amides is 2. The van der Waals surface area contributed by atoms with Gasteiger partial charge in [-0.3, -0.25) is 9.59 Å². The summed E-state index contributed by atoms with van der Waals surface area (Å²) in [5.74, 6) is -1.93. The summed E-state index contributed by atoms with van der Waals surface area (Å²) in [6.07, 6.45) is 0.429. The third kappa shape index (κ3) is 3.19. The molecule has 0 radical (unpaired) electrons. The Morgan fingerprint density at radius 1 is 1.22 bits per heavy atom. The highest BCUT2D eigenvalue weighted by atomic mass is 35.5. The zero-order valence-corrected chi connectivity index (χ0v) is 12.9. The molecule has 1 aliphatic rings. The SMILES string of the molecule is O=C(Nc1ccc(F)cc1Cl)[C@H]1CCN(c2ccccc2)C1=O. The maximum absolute atomic E-state index is 13.0. The highest BCUT2D eigenvalue weighted by Gasteiger charge is 2.37. The van der Waals surface area contributed by atoms with Crippen molar-refractivity contribution in [3.8, 4) is 0 Å². The summed E-state index contributed by atoms with van der Waals surface area (Å²) in [6.45, 7) is 0.484. The summed E-state index contributed by atoms with van der Waals surface area (Å²) >= 11 is 5.89. The van der Waals surface area contributed by atoms with Gasteiger partial charge in [-0.2, -0.15) is 0 Å². The second kappa shape index (κ2) is 6.38. The van der Waals surface area contributed by atoms with Crippen LogP contribution in [-0.4, -0.2) is 18.4 Å². The molecule has 1 N–H and O–H groups in total. The first-order chi connectivity index (χ1) is 11.1. The maximum atomic E-state index is 13.0. The van der Waals surface area contributed by atoms with Gasteiger partial charge in [0.15, 0.2) is 0 Å². The van der Waals surface area contributed by atoms with E-state index in [-0.39, 0.29) is 10.9 Å². The molecule has 23 heavy (non-hydrogen) atoms. The summed E-state index contributed by atoms with van der Waals surface area (Å²) in [5.41, 5.74) is 1.07. The summed E-state index contributed by atoms with van der Waals surface area (Å²) in [4.78, 5) is 26.4. The van der Waals surface area contributed by atoms with Crippen molar-refractivity contribution in [3.63, 3.8) is 0 Å². The molecule has 2 aromatic rings. The van der Waals surface area contributed by atoms with Crippen molar-refractivity contribution >= 4 is 34.8 Å².